The Kier molecular flexibility index (Phi) is 7.60. The van der Waals surface area contributed by atoms with Crippen molar-refractivity contribution in [3.8, 4) is 5.75 Å². The number of rotatable bonds is 8. The van der Waals surface area contributed by atoms with Crippen LogP contribution in [-0.2, 0) is 6.42 Å². The quantitative estimate of drug-likeness (QED) is 0.742. The second kappa shape index (κ2) is 8.68. The number of methoxy groups -OCH3 is 1. The first-order valence-corrected chi connectivity index (χ1v) is 8.34. The zero-order chi connectivity index (χ0) is 15.1. The van der Waals surface area contributed by atoms with Crippen LogP contribution in [-0.4, -0.2) is 19.7 Å². The van der Waals surface area contributed by atoms with Crippen LogP contribution in [0, 0.1) is 11.8 Å². The fourth-order valence-electron chi connectivity index (χ4n) is 2.31. The number of benzene rings is 1. The highest BCUT2D eigenvalue weighted by atomic mass is 79.9. The first kappa shape index (κ1) is 17.5. The lowest BCUT2D eigenvalue weighted by atomic mass is 9.86. The fraction of sp³-hybridized carbons (Fsp3) is 0.647. The lowest BCUT2D eigenvalue weighted by Crippen LogP contribution is -2.39. The second-order valence-electron chi connectivity index (χ2n) is 5.83. The molecule has 0 aromatic heterocycles. The van der Waals surface area contributed by atoms with E-state index >= 15 is 0 Å². The van der Waals surface area contributed by atoms with Gasteiger partial charge in [-0.2, -0.15) is 0 Å². The Morgan fingerprint density at radius 1 is 1.25 bits per heavy atom. The molecule has 2 unspecified atom stereocenters. The van der Waals surface area contributed by atoms with Gasteiger partial charge in [0, 0.05) is 10.5 Å². The highest BCUT2D eigenvalue weighted by molar-refractivity contribution is 9.10. The van der Waals surface area contributed by atoms with Gasteiger partial charge < -0.3 is 10.1 Å². The molecule has 2 atom stereocenters. The third-order valence-electron chi connectivity index (χ3n) is 4.04. The Labute approximate surface area is 132 Å². The minimum Gasteiger partial charge on any atom is -0.497 e. The molecule has 1 aromatic rings. The van der Waals surface area contributed by atoms with E-state index in [2.05, 4.69) is 61.1 Å². The minimum atomic E-state index is 0.498. The first-order valence-electron chi connectivity index (χ1n) is 7.55. The molecule has 0 aliphatic rings. The number of ether oxygens (including phenoxy) is 1. The second-order valence-corrected chi connectivity index (χ2v) is 6.68. The van der Waals surface area contributed by atoms with Gasteiger partial charge in [-0.25, -0.2) is 0 Å². The standard InChI is InChI=1S/C17H28BrNO/c1-6-9-19-17(13(4)12(2)3)11-14-10-15(20-5)7-8-16(14)18/h7-8,10,12-13,17,19H,6,9,11H2,1-5H3. The van der Waals surface area contributed by atoms with Crippen LogP contribution < -0.4 is 10.1 Å². The van der Waals surface area contributed by atoms with Crippen LogP contribution in [0.15, 0.2) is 22.7 Å². The van der Waals surface area contributed by atoms with E-state index < -0.39 is 0 Å². The molecule has 0 aliphatic heterocycles. The van der Waals surface area contributed by atoms with E-state index in [1.807, 2.05) is 6.07 Å². The molecule has 0 fully saturated rings. The summed E-state index contributed by atoms with van der Waals surface area (Å²) in [6.45, 7) is 10.2. The highest BCUT2D eigenvalue weighted by Gasteiger charge is 2.21. The Hall–Kier alpha value is -0.540. The first-order chi connectivity index (χ1) is 9.49. The number of halogens is 1. The summed E-state index contributed by atoms with van der Waals surface area (Å²) in [5.74, 6) is 2.24. The van der Waals surface area contributed by atoms with Gasteiger partial charge in [-0.1, -0.05) is 43.6 Å². The number of hydrogen-bond acceptors (Lipinski definition) is 2. The van der Waals surface area contributed by atoms with Gasteiger partial charge in [0.1, 0.15) is 5.75 Å². The predicted octanol–water partition coefficient (Wildman–Crippen LogP) is 4.66. The molecule has 0 aliphatic carbocycles. The van der Waals surface area contributed by atoms with E-state index in [9.17, 15) is 0 Å². The van der Waals surface area contributed by atoms with Crippen molar-refractivity contribution in [3.63, 3.8) is 0 Å². The van der Waals surface area contributed by atoms with Crippen molar-refractivity contribution in [3.05, 3.63) is 28.2 Å². The Bertz CT molecular complexity index is 406. The SMILES string of the molecule is CCCNC(Cc1cc(OC)ccc1Br)C(C)C(C)C. The average Bonchev–Trinajstić information content (AvgIpc) is 2.44. The maximum Gasteiger partial charge on any atom is 0.119 e. The van der Waals surface area contributed by atoms with E-state index in [1.165, 1.54) is 12.0 Å². The van der Waals surface area contributed by atoms with Crippen molar-refractivity contribution in [1.82, 2.24) is 5.32 Å². The van der Waals surface area contributed by atoms with E-state index in [0.717, 1.165) is 23.2 Å². The summed E-state index contributed by atoms with van der Waals surface area (Å²) in [5.41, 5.74) is 1.31. The van der Waals surface area contributed by atoms with E-state index in [4.69, 9.17) is 4.74 Å². The molecule has 1 rings (SSSR count). The summed E-state index contributed by atoms with van der Waals surface area (Å²) < 4.78 is 6.50. The Morgan fingerprint density at radius 2 is 1.95 bits per heavy atom. The van der Waals surface area contributed by atoms with Gasteiger partial charge in [-0.05, 0) is 55.0 Å². The predicted molar refractivity (Wildman–Crippen MR) is 90.5 cm³/mol. The van der Waals surface area contributed by atoms with Gasteiger partial charge in [0.15, 0.2) is 0 Å². The van der Waals surface area contributed by atoms with Crippen molar-refractivity contribution >= 4 is 15.9 Å². The highest BCUT2D eigenvalue weighted by Crippen LogP contribution is 2.26. The van der Waals surface area contributed by atoms with Crippen molar-refractivity contribution < 1.29 is 4.74 Å². The molecule has 0 heterocycles. The fourth-order valence-corrected chi connectivity index (χ4v) is 2.72. The molecular formula is C17H28BrNO. The molecule has 3 heteroatoms. The van der Waals surface area contributed by atoms with Gasteiger partial charge >= 0.3 is 0 Å². The summed E-state index contributed by atoms with van der Waals surface area (Å²) in [6, 6.07) is 6.70. The third-order valence-corrected chi connectivity index (χ3v) is 4.81. The van der Waals surface area contributed by atoms with Crippen molar-refractivity contribution in [2.75, 3.05) is 13.7 Å². The molecule has 2 nitrogen and oxygen atoms in total. The Morgan fingerprint density at radius 3 is 2.50 bits per heavy atom. The summed E-state index contributed by atoms with van der Waals surface area (Å²) in [4.78, 5) is 0. The molecule has 0 saturated heterocycles. The summed E-state index contributed by atoms with van der Waals surface area (Å²) in [7, 11) is 1.72. The van der Waals surface area contributed by atoms with Crippen LogP contribution in [0.3, 0.4) is 0 Å². The van der Waals surface area contributed by atoms with Crippen LogP contribution in [0.4, 0.5) is 0 Å². The lowest BCUT2D eigenvalue weighted by molar-refractivity contribution is 0.296. The van der Waals surface area contributed by atoms with E-state index in [1.54, 1.807) is 7.11 Å². The molecule has 0 bridgehead atoms. The zero-order valence-corrected chi connectivity index (χ0v) is 15.0. The van der Waals surface area contributed by atoms with Gasteiger partial charge in [0.25, 0.3) is 0 Å². The molecule has 0 spiro atoms. The maximum atomic E-state index is 5.34. The van der Waals surface area contributed by atoms with Crippen LogP contribution in [0.2, 0.25) is 0 Å². The topological polar surface area (TPSA) is 21.3 Å². The van der Waals surface area contributed by atoms with Gasteiger partial charge in [0.05, 0.1) is 7.11 Å². The summed E-state index contributed by atoms with van der Waals surface area (Å²) in [6.07, 6.45) is 2.19. The molecular weight excluding hydrogens is 314 g/mol. The lowest BCUT2D eigenvalue weighted by Gasteiger charge is -2.28. The van der Waals surface area contributed by atoms with Crippen LogP contribution >= 0.6 is 15.9 Å². The van der Waals surface area contributed by atoms with Gasteiger partial charge in [-0.15, -0.1) is 0 Å². The molecule has 114 valence electrons. The molecule has 0 saturated carbocycles. The molecule has 20 heavy (non-hydrogen) atoms. The number of hydrogen-bond donors (Lipinski definition) is 1. The molecule has 0 amide bonds. The summed E-state index contributed by atoms with van der Waals surface area (Å²) >= 11 is 3.66. The van der Waals surface area contributed by atoms with Crippen LogP contribution in [0.5, 0.6) is 5.75 Å². The number of nitrogens with one attached hydrogen (secondary N) is 1. The van der Waals surface area contributed by atoms with Crippen LogP contribution in [0.25, 0.3) is 0 Å². The third kappa shape index (κ3) is 5.10. The molecule has 1 N–H and O–H groups in total. The van der Waals surface area contributed by atoms with Crippen molar-refractivity contribution in [2.24, 2.45) is 11.8 Å². The molecule has 1 aromatic carbocycles. The monoisotopic (exact) mass is 341 g/mol. The van der Waals surface area contributed by atoms with Crippen LogP contribution in [0.1, 0.15) is 39.7 Å². The van der Waals surface area contributed by atoms with E-state index in [0.29, 0.717) is 17.9 Å². The summed E-state index contributed by atoms with van der Waals surface area (Å²) in [5, 5.41) is 3.70. The molecule has 0 radical (unpaired) electrons. The van der Waals surface area contributed by atoms with Crippen molar-refractivity contribution in [2.45, 2.75) is 46.6 Å². The Balaban J connectivity index is 2.87. The minimum absolute atomic E-state index is 0.498. The van der Waals surface area contributed by atoms with Gasteiger partial charge in [-0.3, -0.25) is 0 Å². The van der Waals surface area contributed by atoms with Crippen molar-refractivity contribution in [1.29, 1.82) is 0 Å². The maximum absolute atomic E-state index is 5.34. The largest absolute Gasteiger partial charge is 0.497 e. The normalized spacial score (nSPS) is 14.3. The van der Waals surface area contributed by atoms with Gasteiger partial charge in [0.2, 0.25) is 0 Å². The average molecular weight is 342 g/mol. The zero-order valence-electron chi connectivity index (χ0n) is 13.4. The van der Waals surface area contributed by atoms with E-state index in [-0.39, 0.29) is 0 Å². The smallest absolute Gasteiger partial charge is 0.119 e.